The highest BCUT2D eigenvalue weighted by Crippen LogP contribution is 2.21. The molecule has 0 saturated carbocycles. The number of rotatable bonds is 3. The van der Waals surface area contributed by atoms with Gasteiger partial charge in [0.15, 0.2) is 0 Å². The molecule has 1 aromatic heterocycles. The first-order valence-electron chi connectivity index (χ1n) is 7.81. The van der Waals surface area contributed by atoms with Crippen molar-refractivity contribution in [2.45, 2.75) is 13.8 Å². The Hall–Kier alpha value is -2.40. The minimum absolute atomic E-state index is 0.135. The van der Waals surface area contributed by atoms with E-state index in [0.29, 0.717) is 18.8 Å². The fraction of sp³-hybridized carbons (Fsp3) is 0.333. The van der Waals surface area contributed by atoms with E-state index >= 15 is 0 Å². The van der Waals surface area contributed by atoms with Crippen LogP contribution in [-0.2, 0) is 4.74 Å². The van der Waals surface area contributed by atoms with Crippen LogP contribution in [0.4, 0.5) is 11.5 Å². The molecular formula is C18H21N3O2. The lowest BCUT2D eigenvalue weighted by Crippen LogP contribution is -2.38. The van der Waals surface area contributed by atoms with Crippen LogP contribution in [0.2, 0.25) is 0 Å². The fourth-order valence-electron chi connectivity index (χ4n) is 2.85. The molecule has 5 nitrogen and oxygen atoms in total. The zero-order chi connectivity index (χ0) is 16.2. The summed E-state index contributed by atoms with van der Waals surface area (Å²) in [7, 11) is 0. The van der Waals surface area contributed by atoms with Crippen LogP contribution in [0.15, 0.2) is 36.5 Å². The standard InChI is InChI=1S/C18H21N3O2/c1-13-10-14(2)12-15(11-13)20-18(22)16-4-3-5-19-17(16)21-6-8-23-9-7-21/h3-5,10-12H,6-9H2,1-2H3,(H,20,22). The van der Waals surface area contributed by atoms with Crippen molar-refractivity contribution in [2.75, 3.05) is 36.5 Å². The number of amides is 1. The summed E-state index contributed by atoms with van der Waals surface area (Å²) in [5.74, 6) is 0.585. The molecule has 3 rings (SSSR count). The summed E-state index contributed by atoms with van der Waals surface area (Å²) < 4.78 is 5.37. The molecule has 1 aliphatic heterocycles. The highest BCUT2D eigenvalue weighted by Gasteiger charge is 2.20. The summed E-state index contributed by atoms with van der Waals surface area (Å²) in [6.07, 6.45) is 1.72. The molecule has 1 aliphatic rings. The lowest BCUT2D eigenvalue weighted by Gasteiger charge is -2.29. The maximum atomic E-state index is 12.7. The zero-order valence-corrected chi connectivity index (χ0v) is 13.5. The number of aryl methyl sites for hydroxylation is 2. The van der Waals surface area contributed by atoms with Crippen molar-refractivity contribution in [1.29, 1.82) is 0 Å². The van der Waals surface area contributed by atoms with Gasteiger partial charge in [-0.05, 0) is 49.2 Å². The normalized spacial score (nSPS) is 14.6. The van der Waals surface area contributed by atoms with Gasteiger partial charge in [-0.15, -0.1) is 0 Å². The van der Waals surface area contributed by atoms with Crippen molar-refractivity contribution < 1.29 is 9.53 Å². The Morgan fingerprint density at radius 3 is 2.57 bits per heavy atom. The number of ether oxygens (including phenoxy) is 1. The van der Waals surface area contributed by atoms with Crippen LogP contribution in [0, 0.1) is 13.8 Å². The minimum Gasteiger partial charge on any atom is -0.378 e. The number of aromatic nitrogens is 1. The molecular weight excluding hydrogens is 290 g/mol. The van der Waals surface area contributed by atoms with Gasteiger partial charge in [-0.2, -0.15) is 0 Å². The zero-order valence-electron chi connectivity index (χ0n) is 13.5. The number of pyridine rings is 1. The molecule has 0 atom stereocenters. The number of nitrogens with zero attached hydrogens (tertiary/aromatic N) is 2. The maximum Gasteiger partial charge on any atom is 0.259 e. The number of benzene rings is 1. The van der Waals surface area contributed by atoms with E-state index in [1.54, 1.807) is 12.3 Å². The van der Waals surface area contributed by atoms with Crippen LogP contribution in [-0.4, -0.2) is 37.2 Å². The number of anilines is 2. The van der Waals surface area contributed by atoms with Crippen LogP contribution in [0.1, 0.15) is 21.5 Å². The Bertz CT molecular complexity index is 689. The van der Waals surface area contributed by atoms with Gasteiger partial charge in [0.05, 0.1) is 18.8 Å². The van der Waals surface area contributed by atoms with Gasteiger partial charge >= 0.3 is 0 Å². The van der Waals surface area contributed by atoms with Crippen molar-refractivity contribution >= 4 is 17.4 Å². The van der Waals surface area contributed by atoms with Gasteiger partial charge in [-0.3, -0.25) is 4.79 Å². The van der Waals surface area contributed by atoms with Crippen LogP contribution < -0.4 is 10.2 Å². The van der Waals surface area contributed by atoms with E-state index in [1.165, 1.54) is 0 Å². The predicted molar refractivity (Wildman–Crippen MR) is 91.1 cm³/mol. The topological polar surface area (TPSA) is 54.5 Å². The van der Waals surface area contributed by atoms with Crippen LogP contribution in [0.25, 0.3) is 0 Å². The molecule has 0 spiro atoms. The number of carbonyl (C=O) groups is 1. The Balaban J connectivity index is 1.84. The number of carbonyl (C=O) groups excluding carboxylic acids is 1. The summed E-state index contributed by atoms with van der Waals surface area (Å²) in [6.45, 7) is 6.86. The van der Waals surface area contributed by atoms with Crippen molar-refractivity contribution in [3.8, 4) is 0 Å². The molecule has 1 saturated heterocycles. The largest absolute Gasteiger partial charge is 0.378 e. The molecule has 2 heterocycles. The van der Waals surface area contributed by atoms with Crippen LogP contribution >= 0.6 is 0 Å². The Morgan fingerprint density at radius 2 is 1.87 bits per heavy atom. The number of morpholine rings is 1. The second-order valence-electron chi connectivity index (χ2n) is 5.80. The molecule has 2 aromatic rings. The molecule has 23 heavy (non-hydrogen) atoms. The van der Waals surface area contributed by atoms with E-state index in [0.717, 1.165) is 35.7 Å². The molecule has 1 fully saturated rings. The molecule has 1 amide bonds. The summed E-state index contributed by atoms with van der Waals surface area (Å²) in [4.78, 5) is 19.2. The third kappa shape index (κ3) is 3.68. The lowest BCUT2D eigenvalue weighted by atomic mass is 10.1. The Morgan fingerprint density at radius 1 is 1.17 bits per heavy atom. The minimum atomic E-state index is -0.135. The average molecular weight is 311 g/mol. The quantitative estimate of drug-likeness (QED) is 0.947. The smallest absolute Gasteiger partial charge is 0.259 e. The van der Waals surface area contributed by atoms with Gasteiger partial charge in [0.2, 0.25) is 0 Å². The van der Waals surface area contributed by atoms with Gasteiger partial charge in [-0.1, -0.05) is 6.07 Å². The molecule has 0 radical (unpaired) electrons. The first-order valence-corrected chi connectivity index (χ1v) is 7.81. The van der Waals surface area contributed by atoms with Crippen molar-refractivity contribution in [1.82, 2.24) is 4.98 Å². The Labute approximate surface area is 136 Å². The maximum absolute atomic E-state index is 12.7. The number of hydrogen-bond acceptors (Lipinski definition) is 4. The van der Waals surface area contributed by atoms with E-state index in [1.807, 2.05) is 32.0 Å². The summed E-state index contributed by atoms with van der Waals surface area (Å²) in [6, 6.07) is 9.63. The van der Waals surface area contributed by atoms with E-state index in [2.05, 4.69) is 21.3 Å². The molecule has 0 bridgehead atoms. The Kier molecular flexibility index (Phi) is 4.57. The number of nitrogens with one attached hydrogen (secondary N) is 1. The lowest BCUT2D eigenvalue weighted by molar-refractivity contribution is 0.102. The molecule has 120 valence electrons. The third-order valence-corrected chi connectivity index (χ3v) is 3.82. The second kappa shape index (κ2) is 6.79. The van der Waals surface area contributed by atoms with Crippen LogP contribution in [0.3, 0.4) is 0 Å². The first kappa shape index (κ1) is 15.5. The molecule has 5 heteroatoms. The highest BCUT2D eigenvalue weighted by molar-refractivity contribution is 6.07. The predicted octanol–water partition coefficient (Wildman–Crippen LogP) is 2.79. The van der Waals surface area contributed by atoms with Gasteiger partial charge < -0.3 is 15.0 Å². The summed E-state index contributed by atoms with van der Waals surface area (Å²) in [5, 5.41) is 2.98. The van der Waals surface area contributed by atoms with E-state index in [4.69, 9.17) is 4.74 Å². The summed E-state index contributed by atoms with van der Waals surface area (Å²) in [5.41, 5.74) is 3.65. The van der Waals surface area contributed by atoms with Gasteiger partial charge in [0, 0.05) is 25.0 Å². The average Bonchev–Trinajstić information content (AvgIpc) is 2.54. The van der Waals surface area contributed by atoms with E-state index in [9.17, 15) is 4.79 Å². The second-order valence-corrected chi connectivity index (χ2v) is 5.80. The number of hydrogen-bond donors (Lipinski definition) is 1. The fourth-order valence-corrected chi connectivity index (χ4v) is 2.85. The van der Waals surface area contributed by atoms with Gasteiger partial charge in [-0.25, -0.2) is 4.98 Å². The van der Waals surface area contributed by atoms with E-state index < -0.39 is 0 Å². The summed E-state index contributed by atoms with van der Waals surface area (Å²) >= 11 is 0. The monoisotopic (exact) mass is 311 g/mol. The van der Waals surface area contributed by atoms with Crippen molar-refractivity contribution in [3.63, 3.8) is 0 Å². The molecule has 1 N–H and O–H groups in total. The van der Waals surface area contributed by atoms with Crippen molar-refractivity contribution in [2.24, 2.45) is 0 Å². The molecule has 0 aliphatic carbocycles. The van der Waals surface area contributed by atoms with Gasteiger partial charge in [0.1, 0.15) is 5.82 Å². The first-order chi connectivity index (χ1) is 11.1. The van der Waals surface area contributed by atoms with Gasteiger partial charge in [0.25, 0.3) is 5.91 Å². The molecule has 1 aromatic carbocycles. The highest BCUT2D eigenvalue weighted by atomic mass is 16.5. The SMILES string of the molecule is Cc1cc(C)cc(NC(=O)c2cccnc2N2CCOCC2)c1. The molecule has 0 unspecified atom stereocenters. The van der Waals surface area contributed by atoms with Crippen LogP contribution in [0.5, 0.6) is 0 Å². The third-order valence-electron chi connectivity index (χ3n) is 3.82. The van der Waals surface area contributed by atoms with Crippen molar-refractivity contribution in [3.05, 3.63) is 53.2 Å². The van der Waals surface area contributed by atoms with E-state index in [-0.39, 0.29) is 5.91 Å².